The van der Waals surface area contributed by atoms with Crippen molar-refractivity contribution in [1.82, 2.24) is 9.55 Å². The van der Waals surface area contributed by atoms with Gasteiger partial charge in [-0.3, -0.25) is 0 Å². The molecule has 1 aromatic heterocycles. The van der Waals surface area contributed by atoms with Crippen LogP contribution < -0.4 is 0 Å². The molecule has 2 heteroatoms. The minimum atomic E-state index is 0.828. The maximum Gasteiger partial charge on any atom is 0.0945 e. The highest BCUT2D eigenvalue weighted by Gasteiger charge is 2.05. The van der Waals surface area contributed by atoms with E-state index >= 15 is 0 Å². The molecule has 116 valence electrons. The monoisotopic (exact) mass is 286 g/mol. The summed E-state index contributed by atoms with van der Waals surface area (Å²) in [5, 5.41) is 0. The molecule has 0 amide bonds. The fourth-order valence-electron chi connectivity index (χ4n) is 2.32. The summed E-state index contributed by atoms with van der Waals surface area (Å²) >= 11 is 0. The van der Waals surface area contributed by atoms with Crippen LogP contribution in [-0.4, -0.2) is 9.55 Å². The first-order valence-electron chi connectivity index (χ1n) is 8.29. The largest absolute Gasteiger partial charge is 0.337 e. The molecule has 0 saturated heterocycles. The lowest BCUT2D eigenvalue weighted by Gasteiger charge is -2.14. The molecule has 0 spiro atoms. The fourth-order valence-corrected chi connectivity index (χ4v) is 2.32. The Morgan fingerprint density at radius 2 is 1.86 bits per heavy atom. The third-order valence-electron chi connectivity index (χ3n) is 3.82. The second kappa shape index (κ2) is 11.1. The molecule has 0 aliphatic heterocycles. The molecule has 0 unspecified atom stereocenters. The zero-order valence-electron chi connectivity index (χ0n) is 13.8. The lowest BCUT2D eigenvalue weighted by Crippen LogP contribution is -2.08. The Bertz CT molecular complexity index is 434. The van der Waals surface area contributed by atoms with Crippen LogP contribution in [0.4, 0.5) is 0 Å². The van der Waals surface area contributed by atoms with E-state index in [0.29, 0.717) is 0 Å². The van der Waals surface area contributed by atoms with Crippen LogP contribution in [0.25, 0.3) is 0 Å². The van der Waals surface area contributed by atoms with E-state index in [1.165, 1.54) is 31.2 Å². The highest BCUT2D eigenvalue weighted by molar-refractivity contribution is 5.13. The number of rotatable bonds is 7. The van der Waals surface area contributed by atoms with Crippen LogP contribution in [0.3, 0.4) is 0 Å². The van der Waals surface area contributed by atoms with Crippen molar-refractivity contribution in [3.63, 3.8) is 0 Å². The third-order valence-corrected chi connectivity index (χ3v) is 3.82. The van der Waals surface area contributed by atoms with Crippen LogP contribution in [0.2, 0.25) is 0 Å². The molecule has 0 aliphatic rings. The van der Waals surface area contributed by atoms with Crippen molar-refractivity contribution < 1.29 is 0 Å². The van der Waals surface area contributed by atoms with Gasteiger partial charge in [-0.05, 0) is 24.3 Å². The Labute approximate surface area is 130 Å². The highest BCUT2D eigenvalue weighted by atomic mass is 15.0. The number of benzene rings is 1. The summed E-state index contributed by atoms with van der Waals surface area (Å²) in [4.78, 5) is 4.05. The van der Waals surface area contributed by atoms with Crippen molar-refractivity contribution in [2.45, 2.75) is 59.4 Å². The van der Waals surface area contributed by atoms with E-state index in [2.05, 4.69) is 60.8 Å². The van der Waals surface area contributed by atoms with Gasteiger partial charge in [0.05, 0.1) is 6.33 Å². The Balaban J connectivity index is 0.000000235. The number of aryl methyl sites for hydroxylation is 1. The Morgan fingerprint density at radius 1 is 1.10 bits per heavy atom. The molecule has 21 heavy (non-hydrogen) atoms. The van der Waals surface area contributed by atoms with Crippen molar-refractivity contribution in [3.05, 3.63) is 54.6 Å². The van der Waals surface area contributed by atoms with Gasteiger partial charge in [0.25, 0.3) is 0 Å². The standard InChI is InChI=1S/C11H20N2.C8H10/c1-3-5-6-11(4-2)9-13-8-7-12-10-13;1-2-8-6-4-3-5-7-8/h7-8,10-11H,3-6,9H2,1-2H3;3-7H,2H2,1H3/t11-;/m0./s1. The molecule has 0 N–H and O–H groups in total. The van der Waals surface area contributed by atoms with E-state index in [1.807, 2.05) is 18.6 Å². The van der Waals surface area contributed by atoms with Crippen LogP contribution in [0.5, 0.6) is 0 Å². The van der Waals surface area contributed by atoms with Gasteiger partial charge in [-0.1, -0.05) is 70.4 Å². The molecule has 2 rings (SSSR count). The lowest BCUT2D eigenvalue weighted by molar-refractivity contribution is 0.390. The van der Waals surface area contributed by atoms with Gasteiger partial charge in [0.1, 0.15) is 0 Å². The van der Waals surface area contributed by atoms with E-state index in [1.54, 1.807) is 0 Å². The summed E-state index contributed by atoms with van der Waals surface area (Å²) in [6, 6.07) is 10.5. The SMILES string of the molecule is CCCC[C@H](CC)Cn1ccnc1.CCc1ccccc1. The zero-order valence-corrected chi connectivity index (χ0v) is 13.8. The number of unbranched alkanes of at least 4 members (excludes halogenated alkanes) is 1. The second-order valence-corrected chi connectivity index (χ2v) is 5.52. The normalized spacial score (nSPS) is 11.6. The molecular formula is C19H30N2. The topological polar surface area (TPSA) is 17.8 Å². The van der Waals surface area contributed by atoms with E-state index in [4.69, 9.17) is 0 Å². The van der Waals surface area contributed by atoms with E-state index in [9.17, 15) is 0 Å². The van der Waals surface area contributed by atoms with Crippen LogP contribution in [0, 0.1) is 5.92 Å². The fraction of sp³-hybridized carbons (Fsp3) is 0.526. The van der Waals surface area contributed by atoms with Gasteiger partial charge in [-0.25, -0.2) is 4.98 Å². The van der Waals surface area contributed by atoms with Crippen molar-refractivity contribution in [1.29, 1.82) is 0 Å². The summed E-state index contributed by atoms with van der Waals surface area (Å²) in [5.41, 5.74) is 1.41. The number of imidazole rings is 1. The molecule has 0 aliphatic carbocycles. The molecule has 2 aromatic rings. The van der Waals surface area contributed by atoms with Crippen LogP contribution in [-0.2, 0) is 13.0 Å². The van der Waals surface area contributed by atoms with Gasteiger partial charge in [0.15, 0.2) is 0 Å². The van der Waals surface area contributed by atoms with Gasteiger partial charge < -0.3 is 4.57 Å². The van der Waals surface area contributed by atoms with Crippen molar-refractivity contribution >= 4 is 0 Å². The van der Waals surface area contributed by atoms with Crippen molar-refractivity contribution in [3.8, 4) is 0 Å². The molecule has 2 nitrogen and oxygen atoms in total. The summed E-state index contributed by atoms with van der Waals surface area (Å²) in [6.07, 6.45) is 12.2. The molecule has 1 aromatic carbocycles. The van der Waals surface area contributed by atoms with Crippen LogP contribution in [0.15, 0.2) is 49.1 Å². The lowest BCUT2D eigenvalue weighted by atomic mass is 9.99. The van der Waals surface area contributed by atoms with Gasteiger partial charge in [-0.15, -0.1) is 0 Å². The van der Waals surface area contributed by atoms with Gasteiger partial charge >= 0.3 is 0 Å². The van der Waals surface area contributed by atoms with E-state index in [-0.39, 0.29) is 0 Å². The van der Waals surface area contributed by atoms with Gasteiger partial charge in [0, 0.05) is 18.9 Å². The molecule has 0 saturated carbocycles. The van der Waals surface area contributed by atoms with Crippen LogP contribution in [0.1, 0.15) is 52.0 Å². The summed E-state index contributed by atoms with van der Waals surface area (Å²) in [5.74, 6) is 0.828. The average molecular weight is 286 g/mol. The van der Waals surface area contributed by atoms with Crippen molar-refractivity contribution in [2.75, 3.05) is 0 Å². The first-order valence-corrected chi connectivity index (χ1v) is 8.29. The molecule has 1 atom stereocenters. The quantitative estimate of drug-likeness (QED) is 0.671. The van der Waals surface area contributed by atoms with Gasteiger partial charge in [0.2, 0.25) is 0 Å². The molecule has 0 fully saturated rings. The smallest absolute Gasteiger partial charge is 0.0945 e. The number of aromatic nitrogens is 2. The Hall–Kier alpha value is -1.57. The summed E-state index contributed by atoms with van der Waals surface area (Å²) in [7, 11) is 0. The minimum absolute atomic E-state index is 0.828. The van der Waals surface area contributed by atoms with Crippen molar-refractivity contribution in [2.24, 2.45) is 5.92 Å². The second-order valence-electron chi connectivity index (χ2n) is 5.52. The maximum absolute atomic E-state index is 4.05. The number of hydrogen-bond donors (Lipinski definition) is 0. The molecule has 0 bridgehead atoms. The molecule has 1 heterocycles. The highest BCUT2D eigenvalue weighted by Crippen LogP contribution is 2.14. The Morgan fingerprint density at radius 3 is 2.33 bits per heavy atom. The number of hydrogen-bond acceptors (Lipinski definition) is 1. The zero-order chi connectivity index (χ0) is 15.3. The Kier molecular flexibility index (Phi) is 9.26. The third kappa shape index (κ3) is 7.69. The summed E-state index contributed by atoms with van der Waals surface area (Å²) in [6.45, 7) is 7.83. The summed E-state index contributed by atoms with van der Waals surface area (Å²) < 4.78 is 2.18. The van der Waals surface area contributed by atoms with E-state index < -0.39 is 0 Å². The molecular weight excluding hydrogens is 256 g/mol. The van der Waals surface area contributed by atoms with Crippen LogP contribution >= 0.6 is 0 Å². The first kappa shape index (κ1) is 17.5. The molecule has 0 radical (unpaired) electrons. The maximum atomic E-state index is 4.05. The average Bonchev–Trinajstić information content (AvgIpc) is 3.06. The van der Waals surface area contributed by atoms with Gasteiger partial charge in [-0.2, -0.15) is 0 Å². The first-order chi connectivity index (χ1) is 10.3. The predicted molar refractivity (Wildman–Crippen MR) is 91.4 cm³/mol. The minimum Gasteiger partial charge on any atom is -0.337 e. The predicted octanol–water partition coefficient (Wildman–Crippen LogP) is 5.35. The van der Waals surface area contributed by atoms with E-state index in [0.717, 1.165) is 18.9 Å². The number of nitrogens with zero attached hydrogens (tertiary/aromatic N) is 2.